The molecule has 64 valence electrons. The van der Waals surface area contributed by atoms with E-state index in [1.807, 2.05) is 0 Å². The molecule has 0 aromatic carbocycles. The van der Waals surface area contributed by atoms with Crippen molar-refractivity contribution in [2.24, 2.45) is 11.7 Å². The highest BCUT2D eigenvalue weighted by Crippen LogP contribution is 2.24. The average Bonchev–Trinajstić information content (AvgIpc) is 1.85. The van der Waals surface area contributed by atoms with Crippen LogP contribution in [0.1, 0.15) is 12.8 Å². The van der Waals surface area contributed by atoms with Gasteiger partial charge in [0.1, 0.15) is 12.0 Å². The van der Waals surface area contributed by atoms with Gasteiger partial charge < -0.3 is 5.73 Å². The average molecular weight is 163 g/mol. The van der Waals surface area contributed by atoms with E-state index in [-0.39, 0.29) is 18.6 Å². The van der Waals surface area contributed by atoms with Crippen LogP contribution in [0.25, 0.3) is 0 Å². The summed E-state index contributed by atoms with van der Waals surface area (Å²) < 4.78 is 24.9. The van der Waals surface area contributed by atoms with Crippen LogP contribution in [0.3, 0.4) is 0 Å². The van der Waals surface area contributed by atoms with E-state index in [4.69, 9.17) is 5.73 Å². The highest BCUT2D eigenvalue weighted by Gasteiger charge is 2.35. The molecule has 0 spiro atoms. The SMILES string of the molecule is NC1CC(=O)CC(F)C1CF. The van der Waals surface area contributed by atoms with E-state index in [2.05, 4.69) is 0 Å². The van der Waals surface area contributed by atoms with E-state index in [0.717, 1.165) is 0 Å². The third kappa shape index (κ3) is 1.74. The van der Waals surface area contributed by atoms with Crippen LogP contribution < -0.4 is 5.73 Å². The summed E-state index contributed by atoms with van der Waals surface area (Å²) in [5, 5.41) is 0. The van der Waals surface area contributed by atoms with Gasteiger partial charge in [-0.1, -0.05) is 0 Å². The van der Waals surface area contributed by atoms with Gasteiger partial charge in [-0.05, 0) is 0 Å². The van der Waals surface area contributed by atoms with E-state index in [1.54, 1.807) is 0 Å². The zero-order chi connectivity index (χ0) is 8.43. The fourth-order valence-electron chi connectivity index (χ4n) is 1.35. The van der Waals surface area contributed by atoms with Gasteiger partial charge in [0.2, 0.25) is 0 Å². The number of hydrogen-bond donors (Lipinski definition) is 1. The van der Waals surface area contributed by atoms with Crippen LogP contribution in [0.5, 0.6) is 0 Å². The van der Waals surface area contributed by atoms with Gasteiger partial charge in [-0.3, -0.25) is 9.18 Å². The van der Waals surface area contributed by atoms with Gasteiger partial charge in [-0.15, -0.1) is 0 Å². The molecule has 1 aliphatic rings. The minimum atomic E-state index is -1.38. The molecule has 2 N–H and O–H groups in total. The van der Waals surface area contributed by atoms with Crippen LogP contribution in [-0.4, -0.2) is 24.7 Å². The number of rotatable bonds is 1. The Bertz CT molecular complexity index is 149. The summed E-state index contributed by atoms with van der Waals surface area (Å²) in [4.78, 5) is 10.7. The van der Waals surface area contributed by atoms with Gasteiger partial charge in [-0.25, -0.2) is 4.39 Å². The fraction of sp³-hybridized carbons (Fsp3) is 0.857. The number of halogens is 2. The lowest BCUT2D eigenvalue weighted by Gasteiger charge is -2.28. The van der Waals surface area contributed by atoms with Gasteiger partial charge in [0.05, 0.1) is 6.67 Å². The van der Waals surface area contributed by atoms with Crippen molar-refractivity contribution in [1.29, 1.82) is 0 Å². The quantitative estimate of drug-likeness (QED) is 0.615. The van der Waals surface area contributed by atoms with Crippen LogP contribution in [0.4, 0.5) is 8.78 Å². The molecule has 0 saturated heterocycles. The number of ketones is 1. The van der Waals surface area contributed by atoms with E-state index in [1.165, 1.54) is 0 Å². The molecule has 4 heteroatoms. The molecule has 2 nitrogen and oxygen atoms in total. The summed E-state index contributed by atoms with van der Waals surface area (Å²) in [6.45, 7) is -0.768. The number of hydrogen-bond acceptors (Lipinski definition) is 2. The summed E-state index contributed by atoms with van der Waals surface area (Å²) >= 11 is 0. The Morgan fingerprint density at radius 2 is 2.18 bits per heavy atom. The van der Waals surface area contributed by atoms with Gasteiger partial charge >= 0.3 is 0 Å². The molecule has 1 aliphatic carbocycles. The molecule has 0 amide bonds. The van der Waals surface area contributed by atoms with Crippen molar-refractivity contribution in [3.8, 4) is 0 Å². The second-order valence-corrected chi connectivity index (χ2v) is 2.94. The zero-order valence-electron chi connectivity index (χ0n) is 6.09. The van der Waals surface area contributed by atoms with Gasteiger partial charge in [0.25, 0.3) is 0 Å². The van der Waals surface area contributed by atoms with Crippen molar-refractivity contribution >= 4 is 5.78 Å². The first-order chi connectivity index (χ1) is 5.15. The summed E-state index contributed by atoms with van der Waals surface area (Å²) in [7, 11) is 0. The van der Waals surface area contributed by atoms with Crippen molar-refractivity contribution < 1.29 is 13.6 Å². The zero-order valence-corrected chi connectivity index (χ0v) is 6.09. The van der Waals surface area contributed by atoms with E-state index in [0.29, 0.717) is 0 Å². The van der Waals surface area contributed by atoms with Crippen LogP contribution in [-0.2, 0) is 4.79 Å². The molecule has 1 rings (SSSR count). The normalized spacial score (nSPS) is 39.2. The van der Waals surface area contributed by atoms with Crippen LogP contribution in [0.15, 0.2) is 0 Å². The maximum atomic E-state index is 12.8. The fourth-order valence-corrected chi connectivity index (χ4v) is 1.35. The summed E-state index contributed by atoms with van der Waals surface area (Å²) in [6, 6.07) is -0.628. The maximum absolute atomic E-state index is 12.8. The Morgan fingerprint density at radius 3 is 2.64 bits per heavy atom. The molecule has 3 unspecified atom stereocenters. The standard InChI is InChI=1S/C7H11F2NO/c8-3-5-6(9)1-4(11)2-7(5)10/h5-7H,1-3,10H2. The Morgan fingerprint density at radius 1 is 1.55 bits per heavy atom. The Labute approximate surface area is 63.8 Å². The third-order valence-electron chi connectivity index (χ3n) is 2.08. The molecule has 1 saturated carbocycles. The van der Waals surface area contributed by atoms with Gasteiger partial charge in [0, 0.05) is 24.8 Å². The minimum absolute atomic E-state index is 0.120. The second-order valence-electron chi connectivity index (χ2n) is 2.94. The Kier molecular flexibility index (Phi) is 2.54. The molecular weight excluding hydrogens is 152 g/mol. The van der Waals surface area contributed by atoms with Crippen LogP contribution in [0, 0.1) is 5.92 Å². The Hall–Kier alpha value is -0.510. The third-order valence-corrected chi connectivity index (χ3v) is 2.08. The highest BCUT2D eigenvalue weighted by molar-refractivity contribution is 5.80. The molecule has 0 aromatic heterocycles. The number of alkyl halides is 2. The van der Waals surface area contributed by atoms with E-state index < -0.39 is 24.8 Å². The molecule has 0 aromatic rings. The molecule has 1 fully saturated rings. The van der Waals surface area contributed by atoms with Crippen LogP contribution >= 0.6 is 0 Å². The van der Waals surface area contributed by atoms with Crippen molar-refractivity contribution in [1.82, 2.24) is 0 Å². The minimum Gasteiger partial charge on any atom is -0.327 e. The largest absolute Gasteiger partial charge is 0.327 e. The van der Waals surface area contributed by atoms with E-state index in [9.17, 15) is 13.6 Å². The number of nitrogens with two attached hydrogens (primary N) is 1. The van der Waals surface area contributed by atoms with Gasteiger partial charge in [0.15, 0.2) is 0 Å². The molecule has 0 aliphatic heterocycles. The summed E-state index contributed by atoms with van der Waals surface area (Å²) in [5.41, 5.74) is 5.37. The smallest absolute Gasteiger partial charge is 0.137 e. The topological polar surface area (TPSA) is 43.1 Å². The van der Waals surface area contributed by atoms with Gasteiger partial charge in [-0.2, -0.15) is 0 Å². The molecular formula is C7H11F2NO. The molecule has 11 heavy (non-hydrogen) atoms. The van der Waals surface area contributed by atoms with Crippen molar-refractivity contribution in [3.05, 3.63) is 0 Å². The predicted octanol–water partition coefficient (Wildman–Crippen LogP) is 0.600. The maximum Gasteiger partial charge on any atom is 0.137 e. The first-order valence-electron chi connectivity index (χ1n) is 3.62. The molecule has 0 heterocycles. The first kappa shape index (κ1) is 8.59. The molecule has 0 bridgehead atoms. The van der Waals surface area contributed by atoms with Crippen molar-refractivity contribution in [3.63, 3.8) is 0 Å². The number of carbonyl (C=O) groups excluding carboxylic acids is 1. The lowest BCUT2D eigenvalue weighted by atomic mass is 9.84. The van der Waals surface area contributed by atoms with Crippen LogP contribution in [0.2, 0.25) is 0 Å². The van der Waals surface area contributed by atoms with E-state index >= 15 is 0 Å². The summed E-state index contributed by atoms with van der Waals surface area (Å²) in [5.74, 6) is -0.970. The predicted molar refractivity (Wildman–Crippen MR) is 36.6 cm³/mol. The van der Waals surface area contributed by atoms with Crippen molar-refractivity contribution in [2.45, 2.75) is 25.1 Å². The monoisotopic (exact) mass is 163 g/mol. The number of carbonyl (C=O) groups is 1. The second kappa shape index (κ2) is 3.26. The lowest BCUT2D eigenvalue weighted by molar-refractivity contribution is -0.123. The molecule has 0 radical (unpaired) electrons. The molecule has 3 atom stereocenters. The Balaban J connectivity index is 2.58. The first-order valence-corrected chi connectivity index (χ1v) is 3.62. The number of Topliss-reactive ketones (excluding diaryl/α,β-unsaturated/α-hetero) is 1. The summed E-state index contributed by atoms with van der Waals surface area (Å²) in [6.07, 6.45) is -1.42. The highest BCUT2D eigenvalue weighted by atomic mass is 19.1. The van der Waals surface area contributed by atoms with Crippen molar-refractivity contribution in [2.75, 3.05) is 6.67 Å². The lowest BCUT2D eigenvalue weighted by Crippen LogP contribution is -2.44.